The fourth-order valence-electron chi connectivity index (χ4n) is 2.74. The van der Waals surface area contributed by atoms with Gasteiger partial charge in [0.2, 0.25) is 0 Å². The molecule has 162 valence electrons. The Morgan fingerprint density at radius 3 is 2.08 bits per heavy atom. The predicted molar refractivity (Wildman–Crippen MR) is 125 cm³/mol. The van der Waals surface area contributed by atoms with Crippen LogP contribution in [-0.4, -0.2) is 70.8 Å². The maximum absolute atomic E-state index is 6.59. The number of epoxide rings is 1. The average Bonchev–Trinajstić information content (AvgIpc) is 3.18. The van der Waals surface area contributed by atoms with Crippen LogP contribution in [0.4, 0.5) is 0 Å². The Hall–Kier alpha value is 0.844. The molecule has 2 aliphatic rings. The van der Waals surface area contributed by atoms with Gasteiger partial charge in [0, 0.05) is 9.52 Å². The van der Waals surface area contributed by atoms with Crippen LogP contribution in [-0.2, 0) is 25.9 Å². The van der Waals surface area contributed by atoms with Crippen LogP contribution in [0.2, 0.25) is 44.8 Å². The van der Waals surface area contributed by atoms with Gasteiger partial charge in [-0.25, -0.2) is 0 Å². The molecule has 2 aliphatic heterocycles. The lowest BCUT2D eigenvalue weighted by molar-refractivity contribution is 0.124. The van der Waals surface area contributed by atoms with Crippen LogP contribution in [0, 0.1) is 0 Å². The smallest absolute Gasteiger partial charge is 0.343 e. The molecule has 5 atom stereocenters. The van der Waals surface area contributed by atoms with E-state index in [1.165, 1.54) is 6.04 Å². The molecule has 11 heteroatoms. The highest BCUT2D eigenvalue weighted by Crippen LogP contribution is 2.27. The molecule has 0 aliphatic carbocycles. The fourth-order valence-corrected chi connectivity index (χ4v) is 22.7. The molecule has 0 N–H and O–H groups in total. The second kappa shape index (κ2) is 13.9. The van der Waals surface area contributed by atoms with Gasteiger partial charge < -0.3 is 25.9 Å². The van der Waals surface area contributed by atoms with Crippen molar-refractivity contribution in [3.8, 4) is 0 Å². The fraction of sp³-hybridized carbons (Fsp3) is 1.00. The summed E-state index contributed by atoms with van der Waals surface area (Å²) in [6.07, 6.45) is 0.814. The molecule has 0 aromatic heterocycles. The van der Waals surface area contributed by atoms with Gasteiger partial charge in [-0.15, -0.1) is 0 Å². The molecule has 5 unspecified atom stereocenters. The van der Waals surface area contributed by atoms with E-state index in [-0.39, 0.29) is 45.3 Å². The largest absolute Gasteiger partial charge is 0.420 e. The topological polar surface area (TPSA) is 58.7 Å². The molecule has 0 saturated carbocycles. The maximum Gasteiger partial charge on any atom is 0.343 e. The van der Waals surface area contributed by atoms with Crippen molar-refractivity contribution in [3.63, 3.8) is 0 Å². The molecule has 0 amide bonds. The van der Waals surface area contributed by atoms with Crippen LogP contribution in [0.15, 0.2) is 0 Å². The molecular formula is C15H46O6Si5. The third-order valence-electron chi connectivity index (χ3n) is 3.70. The molecule has 0 bridgehead atoms. The Morgan fingerprint density at radius 2 is 1.58 bits per heavy atom. The maximum atomic E-state index is 6.59. The summed E-state index contributed by atoms with van der Waals surface area (Å²) in [5.41, 5.74) is 0. The Kier molecular flexibility index (Phi) is 16.9. The Bertz CT molecular complexity index is 365. The van der Waals surface area contributed by atoms with Crippen molar-refractivity contribution in [2.75, 3.05) is 19.4 Å². The minimum absolute atomic E-state index is 0. The third kappa shape index (κ3) is 11.0. The van der Waals surface area contributed by atoms with Gasteiger partial charge in [0.15, 0.2) is 0 Å². The highest BCUT2D eigenvalue weighted by Gasteiger charge is 2.47. The van der Waals surface area contributed by atoms with Gasteiger partial charge in [-0.1, -0.05) is 42.3 Å². The zero-order valence-corrected chi connectivity index (χ0v) is 20.1. The van der Waals surface area contributed by atoms with Crippen molar-refractivity contribution in [2.45, 2.75) is 80.6 Å². The zero-order chi connectivity index (χ0) is 16.2. The van der Waals surface area contributed by atoms with Crippen LogP contribution < -0.4 is 0 Å². The van der Waals surface area contributed by atoms with E-state index in [2.05, 4.69) is 32.7 Å². The average molecular weight is 463 g/mol. The first kappa shape index (κ1) is 31.5. The van der Waals surface area contributed by atoms with Gasteiger partial charge in [-0.2, -0.15) is 0 Å². The monoisotopic (exact) mass is 462 g/mol. The van der Waals surface area contributed by atoms with E-state index >= 15 is 0 Å². The third-order valence-corrected chi connectivity index (χ3v) is 20.6. The van der Waals surface area contributed by atoms with Gasteiger partial charge in [0.25, 0.3) is 18.6 Å². The lowest BCUT2D eigenvalue weighted by Gasteiger charge is -2.42. The van der Waals surface area contributed by atoms with Crippen molar-refractivity contribution >= 4 is 45.2 Å². The number of hydrogen-bond acceptors (Lipinski definition) is 6. The van der Waals surface area contributed by atoms with Gasteiger partial charge >= 0.3 is 17.1 Å². The van der Waals surface area contributed by atoms with Crippen LogP contribution in [0.3, 0.4) is 0 Å². The SMILES string of the molecule is C.C.C.C.C[SiH2]CC[Si]1(C)O[SiH](C)O[SiH](C)O[Si](C)(COCC2CO2)O1. The van der Waals surface area contributed by atoms with Gasteiger partial charge in [0.1, 0.15) is 6.10 Å². The highest BCUT2D eigenvalue weighted by atomic mass is 28.5. The van der Waals surface area contributed by atoms with E-state index in [1.807, 2.05) is 0 Å². The van der Waals surface area contributed by atoms with Gasteiger partial charge in [0.05, 0.1) is 19.4 Å². The zero-order valence-electron chi connectivity index (χ0n) is 14.4. The first-order valence-electron chi connectivity index (χ1n) is 8.25. The molecule has 0 aromatic carbocycles. The summed E-state index contributed by atoms with van der Waals surface area (Å²) in [5, 5.41) is 0. The molecule has 2 fully saturated rings. The van der Waals surface area contributed by atoms with E-state index in [1.54, 1.807) is 0 Å². The summed E-state index contributed by atoms with van der Waals surface area (Å²) >= 11 is 0. The first-order chi connectivity index (χ1) is 10.3. The quantitative estimate of drug-likeness (QED) is 0.428. The van der Waals surface area contributed by atoms with Crippen molar-refractivity contribution in [3.05, 3.63) is 0 Å². The molecule has 0 spiro atoms. The molecule has 0 radical (unpaired) electrons. The summed E-state index contributed by atoms with van der Waals surface area (Å²) in [6.45, 7) is 12.2. The second-order valence-electron chi connectivity index (χ2n) is 6.45. The summed E-state index contributed by atoms with van der Waals surface area (Å²) in [4.78, 5) is 0. The Balaban J connectivity index is -0.00000132. The Labute approximate surface area is 171 Å². The van der Waals surface area contributed by atoms with Crippen LogP contribution in [0.1, 0.15) is 29.7 Å². The number of ether oxygens (including phenoxy) is 2. The van der Waals surface area contributed by atoms with Crippen LogP contribution in [0.25, 0.3) is 0 Å². The lowest BCUT2D eigenvalue weighted by Crippen LogP contribution is -2.61. The van der Waals surface area contributed by atoms with Crippen molar-refractivity contribution < 1.29 is 25.9 Å². The van der Waals surface area contributed by atoms with Crippen molar-refractivity contribution in [2.24, 2.45) is 0 Å². The molecular weight excluding hydrogens is 417 g/mol. The molecule has 0 aromatic rings. The summed E-state index contributed by atoms with van der Waals surface area (Å²) in [5.74, 6) is 0. The Morgan fingerprint density at radius 1 is 1.04 bits per heavy atom. The predicted octanol–water partition coefficient (Wildman–Crippen LogP) is 3.05. The number of hydrogen-bond donors (Lipinski definition) is 0. The summed E-state index contributed by atoms with van der Waals surface area (Å²) < 4.78 is 36.3. The van der Waals surface area contributed by atoms with Crippen LogP contribution in [0.5, 0.6) is 0 Å². The van der Waals surface area contributed by atoms with Crippen molar-refractivity contribution in [1.29, 1.82) is 0 Å². The van der Waals surface area contributed by atoms with E-state index < -0.39 is 35.7 Å². The normalized spacial score (nSPS) is 36.6. The van der Waals surface area contributed by atoms with E-state index in [0.717, 1.165) is 12.7 Å². The molecule has 2 heterocycles. The molecule has 26 heavy (non-hydrogen) atoms. The minimum Gasteiger partial charge on any atom is -0.420 e. The second-order valence-corrected chi connectivity index (χ2v) is 19.5. The number of rotatable bonds is 7. The summed E-state index contributed by atoms with van der Waals surface area (Å²) in [7, 11) is -7.93. The first-order valence-corrected chi connectivity index (χ1v) is 19.9. The molecule has 2 saturated heterocycles. The van der Waals surface area contributed by atoms with Crippen molar-refractivity contribution in [1.82, 2.24) is 0 Å². The summed E-state index contributed by atoms with van der Waals surface area (Å²) in [6, 6.07) is 2.32. The van der Waals surface area contributed by atoms with Gasteiger partial charge in [-0.3, -0.25) is 0 Å². The van der Waals surface area contributed by atoms with Crippen LogP contribution >= 0.6 is 0 Å². The van der Waals surface area contributed by atoms with E-state index in [9.17, 15) is 0 Å². The van der Waals surface area contributed by atoms with Gasteiger partial charge in [-0.05, 0) is 32.2 Å². The van der Waals surface area contributed by atoms with E-state index in [0.29, 0.717) is 12.8 Å². The molecule has 2 rings (SSSR count). The standard InChI is InChI=1S/C11H30O6Si5.4CH4/c1-18-6-7-21(4)15-19(2)14-20(3)16-22(5,17-21)10-12-8-11-9-13-11;;;;/h11,19-20H,6-10,18H2,1-5H3;4*1H4. The molecule has 6 nitrogen and oxygen atoms in total. The lowest BCUT2D eigenvalue weighted by atomic mass is 10.5. The highest BCUT2D eigenvalue weighted by molar-refractivity contribution is 6.87. The van der Waals surface area contributed by atoms with E-state index in [4.69, 9.17) is 25.9 Å². The minimum atomic E-state index is -2.40.